The fraction of sp³-hybridized carbons (Fsp3) is 0.222. The van der Waals surface area contributed by atoms with Gasteiger partial charge in [-0.2, -0.15) is 5.26 Å². The number of aryl methyl sites for hydroxylation is 1. The largest absolute Gasteiger partial charge is 0.287 e. The summed E-state index contributed by atoms with van der Waals surface area (Å²) in [6.45, 7) is 1.77. The number of halogens is 1. The van der Waals surface area contributed by atoms with Crippen molar-refractivity contribution in [2.75, 3.05) is 0 Å². The van der Waals surface area contributed by atoms with Crippen molar-refractivity contribution in [3.63, 3.8) is 0 Å². The Morgan fingerprint density at radius 2 is 2.29 bits per heavy atom. The van der Waals surface area contributed by atoms with Crippen LogP contribution < -0.4 is 0 Å². The van der Waals surface area contributed by atoms with Gasteiger partial charge in [0, 0.05) is 5.56 Å². The van der Waals surface area contributed by atoms with Crippen molar-refractivity contribution >= 4 is 21.6 Å². The van der Waals surface area contributed by atoms with Crippen LogP contribution in [-0.2, 0) is 6.42 Å². The molecule has 0 radical (unpaired) electrons. The molecule has 0 spiro atoms. The first-order valence-electron chi connectivity index (χ1n) is 3.87. The molecule has 0 aliphatic heterocycles. The van der Waals surface area contributed by atoms with E-state index in [1.807, 2.05) is 6.07 Å². The van der Waals surface area contributed by atoms with Crippen molar-refractivity contribution in [1.29, 1.82) is 5.26 Å². The number of hydrogen-bond acceptors (Lipinski definition) is 3. The molecule has 0 heterocycles. The summed E-state index contributed by atoms with van der Waals surface area (Å²) < 4.78 is 0.454. The molecule has 14 heavy (non-hydrogen) atoms. The maximum absolute atomic E-state index is 10.7. The number of nitro benzene ring substituents is 1. The normalized spacial score (nSPS) is 9.50. The Balaban J connectivity index is 3.39. The van der Waals surface area contributed by atoms with Crippen LogP contribution in [0.1, 0.15) is 11.1 Å². The Kier molecular flexibility index (Phi) is 3.20. The molecule has 1 aromatic carbocycles. The summed E-state index contributed by atoms with van der Waals surface area (Å²) in [4.78, 5) is 10.3. The smallest absolute Gasteiger partial charge is 0.258 e. The van der Waals surface area contributed by atoms with Crippen LogP contribution in [0.3, 0.4) is 0 Å². The molecular formula is C9H7BrN2O2. The predicted octanol–water partition coefficient (Wildman–Crippen LogP) is 2.73. The second-order valence-corrected chi connectivity index (χ2v) is 3.59. The summed E-state index contributed by atoms with van der Waals surface area (Å²) in [6, 6.07) is 5.27. The molecule has 72 valence electrons. The van der Waals surface area contributed by atoms with Crippen molar-refractivity contribution in [1.82, 2.24) is 0 Å². The van der Waals surface area contributed by atoms with Crippen LogP contribution in [0.25, 0.3) is 0 Å². The number of benzene rings is 1. The van der Waals surface area contributed by atoms with Crippen molar-refractivity contribution in [3.8, 4) is 6.07 Å². The van der Waals surface area contributed by atoms with Crippen LogP contribution >= 0.6 is 15.9 Å². The van der Waals surface area contributed by atoms with E-state index in [1.165, 1.54) is 0 Å². The molecule has 0 N–H and O–H groups in total. The monoisotopic (exact) mass is 254 g/mol. The van der Waals surface area contributed by atoms with E-state index in [-0.39, 0.29) is 12.1 Å². The molecular weight excluding hydrogens is 248 g/mol. The Morgan fingerprint density at radius 3 is 2.79 bits per heavy atom. The highest BCUT2D eigenvalue weighted by molar-refractivity contribution is 9.10. The number of nitrogens with zero attached hydrogens (tertiary/aromatic N) is 2. The molecule has 0 aliphatic carbocycles. The molecule has 5 heteroatoms. The van der Waals surface area contributed by atoms with Gasteiger partial charge in [0.05, 0.1) is 21.9 Å². The summed E-state index contributed by atoms with van der Waals surface area (Å²) in [6.07, 6.45) is 0.0508. The fourth-order valence-corrected chi connectivity index (χ4v) is 1.66. The maximum Gasteiger partial charge on any atom is 0.287 e. The van der Waals surface area contributed by atoms with Crippen molar-refractivity contribution in [3.05, 3.63) is 37.8 Å². The summed E-state index contributed by atoms with van der Waals surface area (Å²) in [5.41, 5.74) is 1.22. The minimum absolute atomic E-state index is 0.00782. The maximum atomic E-state index is 10.7. The Morgan fingerprint density at radius 1 is 1.64 bits per heavy atom. The van der Waals surface area contributed by atoms with Gasteiger partial charge in [0.1, 0.15) is 0 Å². The topological polar surface area (TPSA) is 66.9 Å². The zero-order valence-corrected chi connectivity index (χ0v) is 9.04. The molecule has 0 unspecified atom stereocenters. The van der Waals surface area contributed by atoms with Crippen molar-refractivity contribution in [2.24, 2.45) is 0 Å². The van der Waals surface area contributed by atoms with Gasteiger partial charge < -0.3 is 0 Å². The van der Waals surface area contributed by atoms with Gasteiger partial charge in [-0.15, -0.1) is 0 Å². The van der Waals surface area contributed by atoms with Crippen LogP contribution in [-0.4, -0.2) is 4.92 Å². The molecule has 0 atom stereocenters. The van der Waals surface area contributed by atoms with Crippen molar-refractivity contribution in [2.45, 2.75) is 13.3 Å². The lowest BCUT2D eigenvalue weighted by Crippen LogP contribution is -1.97. The lowest BCUT2D eigenvalue weighted by Gasteiger charge is -2.03. The van der Waals surface area contributed by atoms with E-state index in [0.717, 1.165) is 5.56 Å². The zero-order valence-electron chi connectivity index (χ0n) is 7.45. The van der Waals surface area contributed by atoms with E-state index < -0.39 is 4.92 Å². The Bertz CT molecular complexity index is 424. The SMILES string of the molecule is Cc1ccc(CC#N)c([N+](=O)[O-])c1Br. The zero-order chi connectivity index (χ0) is 10.7. The summed E-state index contributed by atoms with van der Waals surface area (Å²) in [7, 11) is 0. The number of nitriles is 1. The van der Waals surface area contributed by atoms with E-state index in [0.29, 0.717) is 10.0 Å². The van der Waals surface area contributed by atoms with Crippen molar-refractivity contribution < 1.29 is 4.92 Å². The van der Waals surface area contributed by atoms with Gasteiger partial charge >= 0.3 is 0 Å². The second kappa shape index (κ2) is 4.20. The van der Waals surface area contributed by atoms with Gasteiger partial charge in [-0.1, -0.05) is 12.1 Å². The molecule has 0 fully saturated rings. The average Bonchev–Trinajstić information content (AvgIpc) is 2.11. The van der Waals surface area contributed by atoms with E-state index in [2.05, 4.69) is 15.9 Å². The second-order valence-electron chi connectivity index (χ2n) is 2.80. The van der Waals surface area contributed by atoms with Gasteiger partial charge in [0.15, 0.2) is 0 Å². The van der Waals surface area contributed by atoms with Gasteiger partial charge in [0.25, 0.3) is 5.69 Å². The Labute approximate surface area is 89.4 Å². The van der Waals surface area contributed by atoms with Gasteiger partial charge in [0.2, 0.25) is 0 Å². The van der Waals surface area contributed by atoms with Gasteiger partial charge in [-0.3, -0.25) is 10.1 Å². The molecule has 0 aromatic heterocycles. The molecule has 1 aromatic rings. The lowest BCUT2D eigenvalue weighted by molar-refractivity contribution is -0.386. The van der Waals surface area contributed by atoms with Crippen LogP contribution in [0, 0.1) is 28.4 Å². The van der Waals surface area contributed by atoms with E-state index >= 15 is 0 Å². The first-order valence-corrected chi connectivity index (χ1v) is 4.66. The van der Waals surface area contributed by atoms with Gasteiger partial charge in [-0.25, -0.2) is 0 Å². The highest BCUT2D eigenvalue weighted by Gasteiger charge is 2.19. The number of rotatable bonds is 2. The highest BCUT2D eigenvalue weighted by atomic mass is 79.9. The number of hydrogen-bond donors (Lipinski definition) is 0. The van der Waals surface area contributed by atoms with Crippen LogP contribution in [0.15, 0.2) is 16.6 Å². The molecule has 1 rings (SSSR count). The van der Waals surface area contributed by atoms with Crippen LogP contribution in [0.2, 0.25) is 0 Å². The molecule has 0 amide bonds. The molecule has 0 saturated heterocycles. The first kappa shape index (κ1) is 10.7. The fourth-order valence-electron chi connectivity index (χ4n) is 1.13. The third-order valence-corrected chi connectivity index (χ3v) is 2.85. The summed E-state index contributed by atoms with van der Waals surface area (Å²) >= 11 is 3.15. The van der Waals surface area contributed by atoms with E-state index in [9.17, 15) is 10.1 Å². The highest BCUT2D eigenvalue weighted by Crippen LogP contribution is 2.31. The quantitative estimate of drug-likeness (QED) is 0.602. The predicted molar refractivity (Wildman–Crippen MR) is 54.9 cm³/mol. The standard InChI is InChI=1S/C9H7BrN2O2/c1-6-2-3-7(4-5-11)9(8(6)10)12(13)14/h2-3H,4H2,1H3. The first-order chi connectivity index (χ1) is 6.57. The number of nitro groups is 1. The molecule has 0 saturated carbocycles. The lowest BCUT2D eigenvalue weighted by atomic mass is 10.1. The van der Waals surface area contributed by atoms with Gasteiger partial charge in [-0.05, 0) is 28.4 Å². The minimum atomic E-state index is -0.468. The molecule has 0 bridgehead atoms. The van der Waals surface area contributed by atoms with Crippen LogP contribution in [0.5, 0.6) is 0 Å². The molecule has 0 aliphatic rings. The third kappa shape index (κ3) is 1.91. The van der Waals surface area contributed by atoms with Crippen LogP contribution in [0.4, 0.5) is 5.69 Å². The van der Waals surface area contributed by atoms with E-state index in [4.69, 9.17) is 5.26 Å². The summed E-state index contributed by atoms with van der Waals surface area (Å²) in [5, 5.41) is 19.2. The van der Waals surface area contributed by atoms with E-state index in [1.54, 1.807) is 19.1 Å². The molecule has 4 nitrogen and oxygen atoms in total. The Hall–Kier alpha value is -1.41. The third-order valence-electron chi connectivity index (χ3n) is 1.84. The average molecular weight is 255 g/mol. The summed E-state index contributed by atoms with van der Waals surface area (Å²) in [5.74, 6) is 0. The minimum Gasteiger partial charge on any atom is -0.258 e.